The summed E-state index contributed by atoms with van der Waals surface area (Å²) in [4.78, 5) is 2.51. The Bertz CT molecular complexity index is 408. The molecular weight excluding hydrogens is 244 g/mol. The van der Waals surface area contributed by atoms with E-state index in [2.05, 4.69) is 76.9 Å². The molecule has 0 aliphatic carbocycles. The van der Waals surface area contributed by atoms with E-state index >= 15 is 0 Å². The molecule has 0 saturated heterocycles. The van der Waals surface area contributed by atoms with Gasteiger partial charge in [0.15, 0.2) is 0 Å². The summed E-state index contributed by atoms with van der Waals surface area (Å²) < 4.78 is 0. The van der Waals surface area contributed by atoms with E-state index in [4.69, 9.17) is 0 Å². The fourth-order valence-corrected chi connectivity index (χ4v) is 2.45. The van der Waals surface area contributed by atoms with Crippen molar-refractivity contribution in [1.82, 2.24) is 5.32 Å². The lowest BCUT2D eigenvalue weighted by Gasteiger charge is -2.32. The van der Waals surface area contributed by atoms with Gasteiger partial charge in [0, 0.05) is 30.9 Å². The third-order valence-corrected chi connectivity index (χ3v) is 3.47. The summed E-state index contributed by atoms with van der Waals surface area (Å²) in [6.07, 6.45) is 0. The maximum atomic E-state index is 3.48. The fraction of sp³-hybridized carbons (Fsp3) is 0.667. The first-order valence-electron chi connectivity index (χ1n) is 7.90. The molecule has 1 rings (SSSR count). The van der Waals surface area contributed by atoms with Gasteiger partial charge in [-0.3, -0.25) is 0 Å². The van der Waals surface area contributed by atoms with Crippen LogP contribution in [0.4, 0.5) is 5.69 Å². The second kappa shape index (κ2) is 7.68. The van der Waals surface area contributed by atoms with Crippen LogP contribution in [-0.2, 0) is 6.54 Å². The molecule has 0 heterocycles. The van der Waals surface area contributed by atoms with Gasteiger partial charge in [-0.05, 0) is 43.9 Å². The van der Waals surface area contributed by atoms with Gasteiger partial charge in [-0.25, -0.2) is 0 Å². The molecule has 114 valence electrons. The standard InChI is InChI=1S/C18H32N2/c1-13(2)12-20(15(5)6)18-9-8-17(10-16(18)7)11-19-14(3)4/h8-10,13-15,19H,11-12H2,1-7H3. The molecule has 0 aliphatic heterocycles. The van der Waals surface area contributed by atoms with Crippen molar-refractivity contribution in [1.29, 1.82) is 0 Å². The summed E-state index contributed by atoms with van der Waals surface area (Å²) in [5, 5.41) is 3.48. The van der Waals surface area contributed by atoms with Crippen LogP contribution in [0.2, 0.25) is 0 Å². The van der Waals surface area contributed by atoms with Crippen molar-refractivity contribution in [3.8, 4) is 0 Å². The molecule has 0 spiro atoms. The van der Waals surface area contributed by atoms with Gasteiger partial charge in [0.2, 0.25) is 0 Å². The second-order valence-corrected chi connectivity index (χ2v) is 6.80. The molecule has 0 bridgehead atoms. The Hall–Kier alpha value is -1.02. The molecule has 0 aliphatic rings. The number of hydrogen-bond acceptors (Lipinski definition) is 2. The highest BCUT2D eigenvalue weighted by atomic mass is 15.2. The van der Waals surface area contributed by atoms with Crippen LogP contribution >= 0.6 is 0 Å². The summed E-state index contributed by atoms with van der Waals surface area (Å²) in [6.45, 7) is 17.8. The molecule has 0 unspecified atom stereocenters. The maximum absolute atomic E-state index is 3.48. The van der Waals surface area contributed by atoms with Gasteiger partial charge in [-0.2, -0.15) is 0 Å². The normalized spacial score (nSPS) is 11.7. The molecule has 2 nitrogen and oxygen atoms in total. The van der Waals surface area contributed by atoms with Gasteiger partial charge in [0.1, 0.15) is 0 Å². The van der Waals surface area contributed by atoms with Crippen molar-refractivity contribution < 1.29 is 0 Å². The van der Waals surface area contributed by atoms with Gasteiger partial charge < -0.3 is 10.2 Å². The Morgan fingerprint density at radius 3 is 2.15 bits per heavy atom. The zero-order chi connectivity index (χ0) is 15.3. The number of benzene rings is 1. The Balaban J connectivity index is 2.89. The van der Waals surface area contributed by atoms with Crippen LogP contribution in [0, 0.1) is 12.8 Å². The van der Waals surface area contributed by atoms with Crippen LogP contribution in [0.25, 0.3) is 0 Å². The second-order valence-electron chi connectivity index (χ2n) is 6.80. The van der Waals surface area contributed by atoms with E-state index in [1.54, 1.807) is 0 Å². The highest BCUT2D eigenvalue weighted by Crippen LogP contribution is 2.24. The molecule has 0 amide bonds. The van der Waals surface area contributed by atoms with Gasteiger partial charge >= 0.3 is 0 Å². The van der Waals surface area contributed by atoms with E-state index in [9.17, 15) is 0 Å². The molecule has 1 aromatic rings. The number of aryl methyl sites for hydroxylation is 1. The number of anilines is 1. The van der Waals surface area contributed by atoms with Crippen LogP contribution in [-0.4, -0.2) is 18.6 Å². The van der Waals surface area contributed by atoms with E-state index in [1.807, 2.05) is 0 Å². The highest BCUT2D eigenvalue weighted by Gasteiger charge is 2.14. The molecule has 1 N–H and O–H groups in total. The fourth-order valence-electron chi connectivity index (χ4n) is 2.45. The lowest BCUT2D eigenvalue weighted by atomic mass is 10.1. The van der Waals surface area contributed by atoms with Crippen LogP contribution in [0.15, 0.2) is 18.2 Å². The first-order chi connectivity index (χ1) is 9.31. The minimum Gasteiger partial charge on any atom is -0.369 e. The van der Waals surface area contributed by atoms with Gasteiger partial charge in [-0.15, -0.1) is 0 Å². The highest BCUT2D eigenvalue weighted by molar-refractivity contribution is 5.55. The third-order valence-electron chi connectivity index (χ3n) is 3.47. The van der Waals surface area contributed by atoms with Crippen LogP contribution in [0.5, 0.6) is 0 Å². The van der Waals surface area contributed by atoms with E-state index in [0.717, 1.165) is 13.1 Å². The summed E-state index contributed by atoms with van der Waals surface area (Å²) in [5.74, 6) is 0.680. The molecule has 2 heteroatoms. The summed E-state index contributed by atoms with van der Waals surface area (Å²) in [7, 11) is 0. The average Bonchev–Trinajstić information content (AvgIpc) is 2.33. The predicted octanol–water partition coefficient (Wildman–Crippen LogP) is 4.36. The number of rotatable bonds is 7. The monoisotopic (exact) mass is 276 g/mol. The van der Waals surface area contributed by atoms with Crippen LogP contribution in [0.3, 0.4) is 0 Å². The molecule has 0 saturated carbocycles. The molecule has 0 fully saturated rings. The van der Waals surface area contributed by atoms with Crippen LogP contribution < -0.4 is 10.2 Å². The smallest absolute Gasteiger partial charge is 0.0398 e. The molecule has 0 radical (unpaired) electrons. The molecule has 0 aromatic heterocycles. The van der Waals surface area contributed by atoms with Gasteiger partial charge in [0.05, 0.1) is 0 Å². The van der Waals surface area contributed by atoms with E-state index < -0.39 is 0 Å². The lowest BCUT2D eigenvalue weighted by Crippen LogP contribution is -2.34. The zero-order valence-corrected chi connectivity index (χ0v) is 14.3. The van der Waals surface area contributed by atoms with E-state index in [0.29, 0.717) is 18.0 Å². The average molecular weight is 276 g/mol. The van der Waals surface area contributed by atoms with E-state index in [-0.39, 0.29) is 0 Å². The Kier molecular flexibility index (Phi) is 6.54. The van der Waals surface area contributed by atoms with Crippen molar-refractivity contribution in [2.45, 2.75) is 67.1 Å². The first kappa shape index (κ1) is 17.0. The maximum Gasteiger partial charge on any atom is 0.0398 e. The SMILES string of the molecule is Cc1cc(CNC(C)C)ccc1N(CC(C)C)C(C)C. The summed E-state index contributed by atoms with van der Waals surface area (Å²) in [5.41, 5.74) is 4.12. The minimum atomic E-state index is 0.531. The first-order valence-corrected chi connectivity index (χ1v) is 7.90. The molecule has 20 heavy (non-hydrogen) atoms. The van der Waals surface area contributed by atoms with Gasteiger partial charge in [-0.1, -0.05) is 39.8 Å². The molecule has 0 atom stereocenters. The topological polar surface area (TPSA) is 15.3 Å². The Morgan fingerprint density at radius 2 is 1.70 bits per heavy atom. The molecule has 1 aromatic carbocycles. The van der Waals surface area contributed by atoms with Crippen LogP contribution in [0.1, 0.15) is 52.7 Å². The number of nitrogens with one attached hydrogen (secondary N) is 1. The summed E-state index contributed by atoms with van der Waals surface area (Å²) >= 11 is 0. The summed E-state index contributed by atoms with van der Waals surface area (Å²) in [6, 6.07) is 7.93. The van der Waals surface area contributed by atoms with E-state index in [1.165, 1.54) is 16.8 Å². The molecular formula is C18H32N2. The van der Waals surface area contributed by atoms with Crippen molar-refractivity contribution in [2.75, 3.05) is 11.4 Å². The quantitative estimate of drug-likeness (QED) is 0.796. The zero-order valence-electron chi connectivity index (χ0n) is 14.3. The van der Waals surface area contributed by atoms with Crippen molar-refractivity contribution in [2.24, 2.45) is 5.92 Å². The minimum absolute atomic E-state index is 0.531. The Morgan fingerprint density at radius 1 is 1.05 bits per heavy atom. The largest absolute Gasteiger partial charge is 0.369 e. The number of nitrogens with zero attached hydrogens (tertiary/aromatic N) is 1. The predicted molar refractivity (Wildman–Crippen MR) is 90.5 cm³/mol. The third kappa shape index (κ3) is 5.16. The lowest BCUT2D eigenvalue weighted by molar-refractivity contribution is 0.569. The van der Waals surface area contributed by atoms with Crippen molar-refractivity contribution >= 4 is 5.69 Å². The Labute approximate surface area is 125 Å². The van der Waals surface area contributed by atoms with Crippen molar-refractivity contribution in [3.63, 3.8) is 0 Å². The van der Waals surface area contributed by atoms with Gasteiger partial charge in [0.25, 0.3) is 0 Å². The van der Waals surface area contributed by atoms with Crippen molar-refractivity contribution in [3.05, 3.63) is 29.3 Å². The number of hydrogen-bond donors (Lipinski definition) is 1.